The molecule has 0 amide bonds. The first kappa shape index (κ1) is 24.0. The monoisotopic (exact) mass is 486 g/mol. The van der Waals surface area contributed by atoms with Gasteiger partial charge in [-0.1, -0.05) is 30.3 Å². The summed E-state index contributed by atoms with van der Waals surface area (Å²) in [5.74, 6) is -0.00401. The zero-order chi connectivity index (χ0) is 24.3. The van der Waals surface area contributed by atoms with E-state index < -0.39 is 21.7 Å². The van der Waals surface area contributed by atoms with Crippen molar-refractivity contribution in [1.82, 2.24) is 9.97 Å². The summed E-state index contributed by atoms with van der Waals surface area (Å²) in [6.07, 6.45) is 6.25. The Morgan fingerprint density at radius 3 is 2.79 bits per heavy atom. The zero-order valence-electron chi connectivity index (χ0n) is 18.5. The maximum absolute atomic E-state index is 13.2. The molecule has 0 spiro atoms. The highest BCUT2D eigenvalue weighted by molar-refractivity contribution is 7.84. The zero-order valence-corrected chi connectivity index (χ0v) is 19.4. The van der Waals surface area contributed by atoms with E-state index in [2.05, 4.69) is 15.3 Å². The smallest absolute Gasteiger partial charge is 0.333 e. The third kappa shape index (κ3) is 5.50. The fraction of sp³-hybridized carbons (Fsp3) is 0.348. The van der Waals surface area contributed by atoms with E-state index in [9.17, 15) is 18.3 Å². The fourth-order valence-electron chi connectivity index (χ4n) is 4.13. The summed E-state index contributed by atoms with van der Waals surface area (Å²) in [4.78, 5) is 21.4. The van der Waals surface area contributed by atoms with Crippen LogP contribution in [0.1, 0.15) is 53.4 Å². The highest BCUT2D eigenvalue weighted by Gasteiger charge is 2.31. The van der Waals surface area contributed by atoms with Gasteiger partial charge in [-0.25, -0.2) is 15.1 Å². The van der Waals surface area contributed by atoms with Gasteiger partial charge in [-0.05, 0) is 43.7 Å². The highest BCUT2D eigenvalue weighted by atomic mass is 32.2. The molecule has 3 atom stereocenters. The number of anilines is 1. The number of nitrogens with zero attached hydrogens (tertiary/aromatic N) is 2. The van der Waals surface area contributed by atoms with E-state index in [1.165, 1.54) is 24.9 Å². The largest absolute Gasteiger partial charge is 0.460 e. The lowest BCUT2D eigenvalue weighted by atomic mass is 9.90. The quantitative estimate of drug-likeness (QED) is 0.386. The minimum absolute atomic E-state index is 0.0170. The van der Waals surface area contributed by atoms with Crippen molar-refractivity contribution in [1.29, 1.82) is 0 Å². The number of ketones is 1. The molecule has 2 aromatic heterocycles. The number of nitrogens with two attached hydrogens (primary N) is 1. The maximum atomic E-state index is 13.2. The Hall–Kier alpha value is -3.12. The number of aromatic nitrogens is 2. The van der Waals surface area contributed by atoms with Crippen LogP contribution in [0.25, 0.3) is 0 Å². The molecule has 1 aliphatic carbocycles. The normalized spacial score (nSPS) is 20.1. The summed E-state index contributed by atoms with van der Waals surface area (Å²) < 4.78 is 32.3. The van der Waals surface area contributed by atoms with E-state index in [-0.39, 0.29) is 29.9 Å². The van der Waals surface area contributed by atoms with Crippen molar-refractivity contribution >= 4 is 21.9 Å². The van der Waals surface area contributed by atoms with Crippen molar-refractivity contribution in [2.45, 2.75) is 37.8 Å². The van der Waals surface area contributed by atoms with Gasteiger partial charge in [0.15, 0.2) is 5.76 Å². The van der Waals surface area contributed by atoms with Crippen LogP contribution >= 0.6 is 0 Å². The fourth-order valence-corrected chi connectivity index (χ4v) is 4.51. The molecule has 34 heavy (non-hydrogen) atoms. The Morgan fingerprint density at radius 2 is 2.06 bits per heavy atom. The van der Waals surface area contributed by atoms with Crippen LogP contribution in [0.3, 0.4) is 0 Å². The molecular weight excluding hydrogens is 460 g/mol. The summed E-state index contributed by atoms with van der Waals surface area (Å²) in [5, 5.41) is 19.2. The molecule has 1 fully saturated rings. The summed E-state index contributed by atoms with van der Waals surface area (Å²) in [6.45, 7) is 1.65. The van der Waals surface area contributed by atoms with Crippen molar-refractivity contribution in [3.63, 3.8) is 0 Å². The van der Waals surface area contributed by atoms with E-state index in [0.29, 0.717) is 23.4 Å². The lowest BCUT2D eigenvalue weighted by Crippen LogP contribution is -2.22. The number of hydrogen-bond acceptors (Lipinski definition) is 9. The second kappa shape index (κ2) is 9.63. The molecule has 11 heteroatoms. The third-order valence-electron chi connectivity index (χ3n) is 6.03. The van der Waals surface area contributed by atoms with E-state index in [1.54, 1.807) is 19.1 Å². The van der Waals surface area contributed by atoms with Crippen LogP contribution in [0.4, 0.5) is 5.82 Å². The van der Waals surface area contributed by atoms with Crippen LogP contribution in [0.15, 0.2) is 59.6 Å². The number of aliphatic hydroxyl groups is 1. The third-order valence-corrected chi connectivity index (χ3v) is 6.49. The summed E-state index contributed by atoms with van der Waals surface area (Å²) in [5.41, 5.74) is 0.00599. The van der Waals surface area contributed by atoms with Crippen LogP contribution in [-0.2, 0) is 20.1 Å². The Kier molecular flexibility index (Phi) is 6.80. The molecule has 180 valence electrons. The van der Waals surface area contributed by atoms with Crippen molar-refractivity contribution in [3.8, 4) is 0 Å². The molecule has 10 nitrogen and oxygen atoms in total. The van der Waals surface area contributed by atoms with E-state index in [4.69, 9.17) is 13.7 Å². The molecule has 2 heterocycles. The average Bonchev–Trinajstić information content (AvgIpc) is 3.48. The first-order chi connectivity index (χ1) is 16.1. The van der Waals surface area contributed by atoms with E-state index in [1.807, 2.05) is 18.2 Å². The lowest BCUT2D eigenvalue weighted by molar-refractivity contribution is 0.100. The summed E-state index contributed by atoms with van der Waals surface area (Å²) in [7, 11) is -3.98. The molecule has 0 bridgehead atoms. The van der Waals surface area contributed by atoms with Crippen LogP contribution in [0, 0.1) is 5.92 Å². The second-order valence-corrected chi connectivity index (χ2v) is 9.77. The Bertz CT molecular complexity index is 1260. The van der Waals surface area contributed by atoms with Gasteiger partial charge < -0.3 is 14.8 Å². The van der Waals surface area contributed by atoms with Crippen LogP contribution in [0.2, 0.25) is 0 Å². The van der Waals surface area contributed by atoms with Gasteiger partial charge in [0.25, 0.3) is 0 Å². The summed E-state index contributed by atoms with van der Waals surface area (Å²) in [6, 6.07) is 10.6. The van der Waals surface area contributed by atoms with Gasteiger partial charge in [0.1, 0.15) is 17.7 Å². The number of carbonyl (C=O) groups is 1. The molecule has 1 aromatic carbocycles. The van der Waals surface area contributed by atoms with Crippen LogP contribution in [-0.4, -0.2) is 41.9 Å². The van der Waals surface area contributed by atoms with Crippen LogP contribution < -0.4 is 10.5 Å². The first-order valence-electron chi connectivity index (χ1n) is 10.8. The van der Waals surface area contributed by atoms with Gasteiger partial charge in [-0.15, -0.1) is 0 Å². The van der Waals surface area contributed by atoms with Crippen molar-refractivity contribution in [2.24, 2.45) is 11.1 Å². The predicted octanol–water partition coefficient (Wildman–Crippen LogP) is 2.36. The topological polar surface area (TPSA) is 158 Å². The van der Waals surface area contributed by atoms with E-state index in [0.717, 1.165) is 12.8 Å². The second-order valence-electron chi connectivity index (χ2n) is 8.55. The number of furan rings is 1. The van der Waals surface area contributed by atoms with Crippen molar-refractivity contribution in [2.75, 3.05) is 11.9 Å². The molecular formula is C23H26N4O6S. The number of rotatable bonds is 9. The maximum Gasteiger partial charge on any atom is 0.333 e. The van der Waals surface area contributed by atoms with Crippen molar-refractivity contribution in [3.05, 3.63) is 77.6 Å². The molecule has 1 aliphatic rings. The molecule has 1 saturated carbocycles. The lowest BCUT2D eigenvalue weighted by Gasteiger charge is -2.22. The van der Waals surface area contributed by atoms with Gasteiger partial charge in [0, 0.05) is 17.8 Å². The molecule has 0 aliphatic heterocycles. The van der Waals surface area contributed by atoms with Gasteiger partial charge in [-0.3, -0.25) is 8.98 Å². The standard InChI is InChI=1S/C23H26N4O6S/c1-23(29,16-5-3-2-4-6-16)17-10-20(32-13-17)21(28)19-11-25-14-26-22(19)27-18-8-7-15(9-18)12-33-34(24,30)31/h2-6,10-11,13-15,18,29H,7-9,12H2,1H3,(H2,24,30,31)(H,25,26,27)/t15-,18+,23?/m1/s1. The van der Waals surface area contributed by atoms with Gasteiger partial charge in [0.05, 0.1) is 18.4 Å². The molecule has 3 aromatic rings. The number of nitrogens with one attached hydrogen (secondary N) is 1. The molecule has 0 radical (unpaired) electrons. The Morgan fingerprint density at radius 1 is 1.29 bits per heavy atom. The number of hydrogen-bond donors (Lipinski definition) is 3. The van der Waals surface area contributed by atoms with Gasteiger partial charge >= 0.3 is 10.3 Å². The highest BCUT2D eigenvalue weighted by Crippen LogP contribution is 2.32. The molecule has 4 rings (SSSR count). The average molecular weight is 487 g/mol. The molecule has 0 saturated heterocycles. The first-order valence-corrected chi connectivity index (χ1v) is 12.3. The number of benzene rings is 1. The Balaban J connectivity index is 1.48. The molecule has 4 N–H and O–H groups in total. The van der Waals surface area contributed by atoms with Crippen molar-refractivity contribution < 1.29 is 26.9 Å². The summed E-state index contributed by atoms with van der Waals surface area (Å²) >= 11 is 0. The predicted molar refractivity (Wildman–Crippen MR) is 123 cm³/mol. The van der Waals surface area contributed by atoms with Crippen LogP contribution in [0.5, 0.6) is 0 Å². The SMILES string of the molecule is CC(O)(c1ccccc1)c1coc(C(=O)c2cncnc2N[C@H]2CC[C@@H](COS(N)(=O)=O)C2)c1. The minimum Gasteiger partial charge on any atom is -0.460 e. The van der Waals surface area contributed by atoms with Gasteiger partial charge in [0.2, 0.25) is 5.78 Å². The Labute approximate surface area is 197 Å². The van der Waals surface area contributed by atoms with E-state index >= 15 is 0 Å². The van der Waals surface area contributed by atoms with Gasteiger partial charge in [-0.2, -0.15) is 8.42 Å². The molecule has 1 unspecified atom stereocenters. The minimum atomic E-state index is -3.98. The number of carbonyl (C=O) groups excluding carboxylic acids is 1.